The van der Waals surface area contributed by atoms with Gasteiger partial charge in [0.2, 0.25) is 0 Å². The van der Waals surface area contributed by atoms with Crippen LogP contribution in [0.15, 0.2) is 41.4 Å². The summed E-state index contributed by atoms with van der Waals surface area (Å²) in [6, 6.07) is 8.98. The van der Waals surface area contributed by atoms with Crippen molar-refractivity contribution in [1.29, 1.82) is 0 Å². The Balaban J connectivity index is 2.61. The maximum Gasteiger partial charge on any atom is 0.325 e. The second-order valence-electron chi connectivity index (χ2n) is 3.60. The molecule has 5 heteroatoms. The van der Waals surface area contributed by atoms with E-state index < -0.39 is 0 Å². The first-order valence-electron chi connectivity index (χ1n) is 5.92. The van der Waals surface area contributed by atoms with E-state index in [1.54, 1.807) is 19.1 Å². The number of nitrogens with one attached hydrogen (secondary N) is 1. The fourth-order valence-corrected chi connectivity index (χ4v) is 1.80. The molecular weight excluding hydrogens is 262 g/mol. The van der Waals surface area contributed by atoms with E-state index in [4.69, 9.17) is 4.74 Å². The van der Waals surface area contributed by atoms with Gasteiger partial charge in [0.05, 0.1) is 11.6 Å². The lowest BCUT2D eigenvalue weighted by molar-refractivity contribution is -0.141. The minimum atomic E-state index is -0.338. The summed E-state index contributed by atoms with van der Waals surface area (Å²) in [6.07, 6.45) is 3.32. The highest BCUT2D eigenvalue weighted by molar-refractivity contribution is 8.02. The number of ketones is 1. The zero-order chi connectivity index (χ0) is 14.1. The Morgan fingerprint density at radius 2 is 2.00 bits per heavy atom. The van der Waals surface area contributed by atoms with Crippen LogP contribution < -0.4 is 5.32 Å². The number of ether oxygens (including phenoxy) is 1. The first-order valence-corrected chi connectivity index (χ1v) is 7.14. The fourth-order valence-electron chi connectivity index (χ4n) is 1.36. The molecule has 0 aliphatic rings. The molecule has 0 unspecified atom stereocenters. The van der Waals surface area contributed by atoms with Gasteiger partial charge in [-0.05, 0) is 13.2 Å². The third-order valence-electron chi connectivity index (χ3n) is 2.25. The lowest BCUT2D eigenvalue weighted by Gasteiger charge is -2.07. The second kappa shape index (κ2) is 8.37. The maximum atomic E-state index is 11.9. The van der Waals surface area contributed by atoms with Gasteiger partial charge in [0.1, 0.15) is 6.54 Å². The van der Waals surface area contributed by atoms with Crippen LogP contribution in [0.4, 0.5) is 0 Å². The third-order valence-corrected chi connectivity index (χ3v) is 2.95. The first-order chi connectivity index (χ1) is 9.17. The van der Waals surface area contributed by atoms with E-state index in [0.717, 1.165) is 0 Å². The van der Waals surface area contributed by atoms with Gasteiger partial charge in [0.25, 0.3) is 0 Å². The molecule has 0 aliphatic carbocycles. The number of hydrogen-bond acceptors (Lipinski definition) is 5. The van der Waals surface area contributed by atoms with Crippen LogP contribution in [0, 0.1) is 0 Å². The summed E-state index contributed by atoms with van der Waals surface area (Å²) in [6.45, 7) is 2.16. The number of esters is 1. The molecule has 0 radical (unpaired) electrons. The van der Waals surface area contributed by atoms with Gasteiger partial charge >= 0.3 is 5.97 Å². The number of thioether (sulfide) groups is 1. The molecule has 102 valence electrons. The molecule has 0 saturated heterocycles. The largest absolute Gasteiger partial charge is 0.465 e. The van der Waals surface area contributed by atoms with Crippen molar-refractivity contribution < 1.29 is 14.3 Å². The number of carbonyl (C=O) groups excluding carboxylic acids is 2. The molecular formula is C14H17NO3S. The van der Waals surface area contributed by atoms with Crippen LogP contribution in [0.5, 0.6) is 0 Å². The van der Waals surface area contributed by atoms with Crippen molar-refractivity contribution in [3.63, 3.8) is 0 Å². The van der Waals surface area contributed by atoms with Crippen LogP contribution in [0.3, 0.4) is 0 Å². The monoisotopic (exact) mass is 279 g/mol. The van der Waals surface area contributed by atoms with Crippen molar-refractivity contribution >= 4 is 23.5 Å². The molecule has 0 atom stereocenters. The van der Waals surface area contributed by atoms with Crippen molar-refractivity contribution in [2.24, 2.45) is 0 Å². The van der Waals surface area contributed by atoms with E-state index in [1.807, 2.05) is 24.5 Å². The summed E-state index contributed by atoms with van der Waals surface area (Å²) in [4.78, 5) is 23.2. The molecule has 1 aromatic rings. The highest BCUT2D eigenvalue weighted by Crippen LogP contribution is 2.10. The molecule has 0 saturated carbocycles. The average molecular weight is 279 g/mol. The van der Waals surface area contributed by atoms with E-state index in [2.05, 4.69) is 5.32 Å². The average Bonchev–Trinajstić information content (AvgIpc) is 2.44. The number of allylic oxidation sites excluding steroid dienone is 1. The zero-order valence-corrected chi connectivity index (χ0v) is 11.8. The summed E-state index contributed by atoms with van der Waals surface area (Å²) < 4.78 is 4.80. The summed E-state index contributed by atoms with van der Waals surface area (Å²) >= 11 is 1.37. The Labute approximate surface area is 117 Å². The Hall–Kier alpha value is -1.75. The van der Waals surface area contributed by atoms with Crippen LogP contribution in [-0.4, -0.2) is 31.2 Å². The van der Waals surface area contributed by atoms with Gasteiger partial charge in [0, 0.05) is 11.6 Å². The van der Waals surface area contributed by atoms with Gasteiger partial charge in [-0.3, -0.25) is 9.59 Å². The van der Waals surface area contributed by atoms with E-state index in [-0.39, 0.29) is 18.3 Å². The molecule has 19 heavy (non-hydrogen) atoms. The van der Waals surface area contributed by atoms with E-state index >= 15 is 0 Å². The standard InChI is InChI=1S/C14H17NO3S/c1-3-18-14(17)10-15-13(19-2)9-12(16)11-7-5-4-6-8-11/h4-9,15H,3,10H2,1-2H3/b13-9-. The van der Waals surface area contributed by atoms with Gasteiger partial charge in [-0.15, -0.1) is 11.8 Å². The smallest absolute Gasteiger partial charge is 0.325 e. The minimum Gasteiger partial charge on any atom is -0.465 e. The van der Waals surface area contributed by atoms with E-state index in [9.17, 15) is 9.59 Å². The van der Waals surface area contributed by atoms with Gasteiger partial charge in [-0.1, -0.05) is 30.3 Å². The Kier molecular flexibility index (Phi) is 6.74. The molecule has 0 heterocycles. The SMILES string of the molecule is CCOC(=O)CN/C(=C/C(=O)c1ccccc1)SC. The van der Waals surface area contributed by atoms with Crippen molar-refractivity contribution in [3.8, 4) is 0 Å². The van der Waals surface area contributed by atoms with E-state index in [1.165, 1.54) is 17.8 Å². The predicted octanol–water partition coefficient (Wildman–Crippen LogP) is 2.23. The molecule has 0 bridgehead atoms. The molecule has 1 aromatic carbocycles. The van der Waals surface area contributed by atoms with Crippen LogP contribution in [0.2, 0.25) is 0 Å². The van der Waals surface area contributed by atoms with Crippen LogP contribution >= 0.6 is 11.8 Å². The number of benzene rings is 1. The summed E-state index contributed by atoms with van der Waals surface area (Å²) in [5, 5.41) is 3.52. The van der Waals surface area contributed by atoms with Crippen LogP contribution in [0.25, 0.3) is 0 Å². The molecule has 0 fully saturated rings. The van der Waals surface area contributed by atoms with Gasteiger partial charge < -0.3 is 10.1 Å². The zero-order valence-electron chi connectivity index (χ0n) is 11.0. The van der Waals surface area contributed by atoms with Crippen LogP contribution in [-0.2, 0) is 9.53 Å². The molecule has 0 aliphatic heterocycles. The molecule has 1 rings (SSSR count). The Morgan fingerprint density at radius 3 is 2.58 bits per heavy atom. The van der Waals surface area contributed by atoms with Crippen molar-refractivity contribution in [2.45, 2.75) is 6.92 Å². The topological polar surface area (TPSA) is 55.4 Å². The fraction of sp³-hybridized carbons (Fsp3) is 0.286. The number of hydrogen-bond donors (Lipinski definition) is 1. The van der Waals surface area contributed by atoms with E-state index in [0.29, 0.717) is 17.2 Å². The molecule has 1 N–H and O–H groups in total. The number of carbonyl (C=O) groups is 2. The van der Waals surface area contributed by atoms with Crippen molar-refractivity contribution in [2.75, 3.05) is 19.4 Å². The minimum absolute atomic E-state index is 0.0581. The highest BCUT2D eigenvalue weighted by atomic mass is 32.2. The Bertz CT molecular complexity index is 457. The van der Waals surface area contributed by atoms with Crippen LogP contribution in [0.1, 0.15) is 17.3 Å². The van der Waals surface area contributed by atoms with Gasteiger partial charge in [-0.25, -0.2) is 0 Å². The highest BCUT2D eigenvalue weighted by Gasteiger charge is 2.06. The lowest BCUT2D eigenvalue weighted by Crippen LogP contribution is -2.23. The molecule has 0 spiro atoms. The predicted molar refractivity (Wildman–Crippen MR) is 77.0 cm³/mol. The first kappa shape index (κ1) is 15.3. The molecule has 4 nitrogen and oxygen atoms in total. The molecule has 0 amide bonds. The number of rotatable bonds is 7. The quantitative estimate of drug-likeness (QED) is 0.471. The van der Waals surface area contributed by atoms with Crippen molar-refractivity contribution in [1.82, 2.24) is 5.32 Å². The van der Waals surface area contributed by atoms with Gasteiger partial charge in [-0.2, -0.15) is 0 Å². The normalized spacial score (nSPS) is 10.9. The second-order valence-corrected chi connectivity index (χ2v) is 4.45. The summed E-state index contributed by atoms with van der Waals surface area (Å²) in [7, 11) is 0. The molecule has 0 aromatic heterocycles. The Morgan fingerprint density at radius 1 is 1.32 bits per heavy atom. The van der Waals surface area contributed by atoms with Gasteiger partial charge in [0.15, 0.2) is 5.78 Å². The summed E-state index contributed by atoms with van der Waals surface area (Å²) in [5.41, 5.74) is 0.618. The lowest BCUT2D eigenvalue weighted by atomic mass is 10.1. The third kappa shape index (κ3) is 5.61. The summed E-state index contributed by atoms with van der Waals surface area (Å²) in [5.74, 6) is -0.434. The van der Waals surface area contributed by atoms with Crippen molar-refractivity contribution in [3.05, 3.63) is 47.0 Å². The maximum absolute atomic E-state index is 11.9.